The van der Waals surface area contributed by atoms with E-state index in [1.54, 1.807) is 12.1 Å². The average molecular weight is 345 g/mol. The number of aliphatic carboxylic acids is 1. The number of rotatable bonds is 9. The van der Waals surface area contributed by atoms with Gasteiger partial charge < -0.3 is 9.84 Å². The summed E-state index contributed by atoms with van der Waals surface area (Å²) in [5, 5.41) is 8.82. The topological polar surface area (TPSA) is 63.6 Å². The third-order valence-electron chi connectivity index (χ3n) is 2.96. The highest BCUT2D eigenvalue weighted by atomic mass is 35.5. The number of allylic oxidation sites excluding steroid dienone is 1. The van der Waals surface area contributed by atoms with Crippen LogP contribution in [0.5, 0.6) is 5.75 Å². The summed E-state index contributed by atoms with van der Waals surface area (Å²) in [6, 6.07) is 3.10. The smallest absolute Gasteiger partial charge is 0.303 e. The van der Waals surface area contributed by atoms with Gasteiger partial charge in [-0.25, -0.2) is 0 Å². The van der Waals surface area contributed by atoms with Crippen LogP contribution in [-0.4, -0.2) is 23.5 Å². The minimum Gasteiger partial charge on any atom is -0.492 e. The molecule has 0 radical (unpaired) electrons. The van der Waals surface area contributed by atoms with E-state index in [9.17, 15) is 9.59 Å². The fourth-order valence-electron chi connectivity index (χ4n) is 1.83. The highest BCUT2D eigenvalue weighted by Crippen LogP contribution is 2.36. The molecule has 0 saturated carbocycles. The quantitative estimate of drug-likeness (QED) is 0.398. The molecule has 1 rings (SSSR count). The average Bonchev–Trinajstić information content (AvgIpc) is 2.47. The van der Waals surface area contributed by atoms with Crippen molar-refractivity contribution in [3.8, 4) is 5.75 Å². The maximum Gasteiger partial charge on any atom is 0.303 e. The molecule has 0 saturated heterocycles. The first-order valence-electron chi connectivity index (χ1n) is 6.93. The van der Waals surface area contributed by atoms with E-state index in [4.69, 9.17) is 33.0 Å². The minimum atomic E-state index is -0.886. The van der Waals surface area contributed by atoms with Gasteiger partial charge in [0.05, 0.1) is 11.6 Å². The van der Waals surface area contributed by atoms with E-state index in [1.165, 1.54) is 0 Å². The molecular weight excluding hydrogens is 327 g/mol. The second-order valence-corrected chi connectivity index (χ2v) is 5.52. The van der Waals surface area contributed by atoms with Gasteiger partial charge in [-0.05, 0) is 30.5 Å². The van der Waals surface area contributed by atoms with E-state index in [-0.39, 0.29) is 28.9 Å². The summed E-state index contributed by atoms with van der Waals surface area (Å²) < 4.78 is 5.40. The Morgan fingerprint density at radius 2 is 1.91 bits per heavy atom. The molecule has 4 nitrogen and oxygen atoms in total. The van der Waals surface area contributed by atoms with Crippen molar-refractivity contribution in [2.45, 2.75) is 32.6 Å². The number of carbonyl (C=O) groups is 2. The summed E-state index contributed by atoms with van der Waals surface area (Å²) in [6.45, 7) is 5.92. The number of carbonyl (C=O) groups excluding carboxylic acids is 1. The van der Waals surface area contributed by atoms with Crippen LogP contribution < -0.4 is 4.74 Å². The van der Waals surface area contributed by atoms with Crippen molar-refractivity contribution < 1.29 is 19.4 Å². The highest BCUT2D eigenvalue weighted by molar-refractivity contribution is 6.45. The number of carboxylic acid groups (broad SMARTS) is 1. The normalized spacial score (nSPS) is 10.3. The highest BCUT2D eigenvalue weighted by Gasteiger charge is 2.18. The molecule has 1 aromatic rings. The number of ketones is 1. The second-order valence-electron chi connectivity index (χ2n) is 4.77. The van der Waals surface area contributed by atoms with Crippen molar-refractivity contribution >= 4 is 35.0 Å². The van der Waals surface area contributed by atoms with Gasteiger partial charge in [0, 0.05) is 12.0 Å². The van der Waals surface area contributed by atoms with Crippen molar-refractivity contribution in [2.75, 3.05) is 6.61 Å². The molecule has 0 aliphatic carbocycles. The summed E-state index contributed by atoms with van der Waals surface area (Å²) in [7, 11) is 0. The zero-order valence-electron chi connectivity index (χ0n) is 12.3. The van der Waals surface area contributed by atoms with Crippen molar-refractivity contribution in [3.63, 3.8) is 0 Å². The number of benzene rings is 1. The van der Waals surface area contributed by atoms with E-state index < -0.39 is 5.97 Å². The number of halogens is 2. The van der Waals surface area contributed by atoms with Crippen LogP contribution in [0.4, 0.5) is 0 Å². The van der Waals surface area contributed by atoms with Crippen LogP contribution >= 0.6 is 23.2 Å². The van der Waals surface area contributed by atoms with Gasteiger partial charge in [0.25, 0.3) is 0 Å². The Bertz CT molecular complexity index is 582. The maximum atomic E-state index is 12.2. The SMILES string of the molecule is C=C(CCC)C(=O)c1ccc(OCCCC(=O)O)c(Cl)c1Cl. The summed E-state index contributed by atoms with van der Waals surface area (Å²) in [6.07, 6.45) is 1.79. The largest absolute Gasteiger partial charge is 0.492 e. The van der Waals surface area contributed by atoms with E-state index in [0.717, 1.165) is 6.42 Å². The van der Waals surface area contributed by atoms with E-state index in [1.807, 2.05) is 6.92 Å². The van der Waals surface area contributed by atoms with Gasteiger partial charge in [-0.2, -0.15) is 0 Å². The Kier molecular flexibility index (Phi) is 7.42. The van der Waals surface area contributed by atoms with Crippen LogP contribution in [0, 0.1) is 0 Å². The van der Waals surface area contributed by atoms with Gasteiger partial charge in [-0.15, -0.1) is 0 Å². The van der Waals surface area contributed by atoms with Gasteiger partial charge >= 0.3 is 5.97 Å². The maximum absolute atomic E-state index is 12.2. The Morgan fingerprint density at radius 1 is 1.23 bits per heavy atom. The summed E-state index contributed by atoms with van der Waals surface area (Å²) in [5.41, 5.74) is 0.776. The van der Waals surface area contributed by atoms with Crippen LogP contribution in [0.1, 0.15) is 43.0 Å². The number of carboxylic acids is 1. The molecule has 0 unspecified atom stereocenters. The van der Waals surface area contributed by atoms with Crippen LogP contribution in [-0.2, 0) is 4.79 Å². The summed E-state index contributed by atoms with van der Waals surface area (Å²) in [5.74, 6) is -0.788. The molecule has 0 spiro atoms. The molecule has 0 heterocycles. The molecule has 0 bridgehead atoms. The van der Waals surface area contributed by atoms with E-state index in [0.29, 0.717) is 29.7 Å². The number of hydrogen-bond donors (Lipinski definition) is 1. The molecule has 0 fully saturated rings. The fourth-order valence-corrected chi connectivity index (χ4v) is 2.29. The molecular formula is C16H18Cl2O4. The standard InChI is InChI=1S/C16H18Cl2O4/c1-3-5-10(2)16(21)11-7-8-12(15(18)14(11)17)22-9-4-6-13(19)20/h7-8H,2-6,9H2,1H3,(H,19,20). The predicted octanol–water partition coefficient (Wildman–Crippen LogP) is 4.78. The van der Waals surface area contributed by atoms with Gasteiger partial charge in [0.15, 0.2) is 5.78 Å². The first-order valence-corrected chi connectivity index (χ1v) is 7.69. The lowest BCUT2D eigenvalue weighted by Gasteiger charge is -2.12. The van der Waals surface area contributed by atoms with Crippen LogP contribution in [0.3, 0.4) is 0 Å². The lowest BCUT2D eigenvalue weighted by Crippen LogP contribution is -2.06. The first kappa shape index (κ1) is 18.5. The number of hydrogen-bond acceptors (Lipinski definition) is 3. The predicted molar refractivity (Wildman–Crippen MR) is 87.2 cm³/mol. The molecule has 22 heavy (non-hydrogen) atoms. The summed E-state index contributed by atoms with van der Waals surface area (Å²) in [4.78, 5) is 22.6. The second kappa shape index (κ2) is 8.81. The Labute approximate surface area is 139 Å². The number of Topliss-reactive ketones (excluding diaryl/α,β-unsaturated/α-hetero) is 1. The monoisotopic (exact) mass is 344 g/mol. The van der Waals surface area contributed by atoms with Gasteiger partial charge in [0.1, 0.15) is 10.8 Å². The van der Waals surface area contributed by atoms with Gasteiger partial charge in [-0.1, -0.05) is 43.1 Å². The zero-order valence-corrected chi connectivity index (χ0v) is 13.8. The molecule has 0 amide bonds. The minimum absolute atomic E-state index is 0.0127. The lowest BCUT2D eigenvalue weighted by atomic mass is 10.0. The Morgan fingerprint density at radius 3 is 2.50 bits per heavy atom. The fraction of sp³-hybridized carbons (Fsp3) is 0.375. The molecule has 0 aliphatic heterocycles. The molecule has 1 N–H and O–H groups in total. The van der Waals surface area contributed by atoms with E-state index in [2.05, 4.69) is 6.58 Å². The third kappa shape index (κ3) is 5.04. The van der Waals surface area contributed by atoms with Crippen molar-refractivity contribution in [1.29, 1.82) is 0 Å². The van der Waals surface area contributed by atoms with Crippen molar-refractivity contribution in [1.82, 2.24) is 0 Å². The van der Waals surface area contributed by atoms with Crippen molar-refractivity contribution in [2.24, 2.45) is 0 Å². The van der Waals surface area contributed by atoms with Gasteiger partial charge in [0.2, 0.25) is 0 Å². The first-order chi connectivity index (χ1) is 10.4. The van der Waals surface area contributed by atoms with Crippen LogP contribution in [0.2, 0.25) is 10.0 Å². The molecule has 120 valence electrons. The van der Waals surface area contributed by atoms with E-state index >= 15 is 0 Å². The third-order valence-corrected chi connectivity index (χ3v) is 3.82. The molecule has 0 aromatic heterocycles. The van der Waals surface area contributed by atoms with Gasteiger partial charge in [-0.3, -0.25) is 9.59 Å². The molecule has 0 aliphatic rings. The zero-order chi connectivity index (χ0) is 16.7. The Hall–Kier alpha value is -1.52. The Balaban J connectivity index is 2.81. The van der Waals surface area contributed by atoms with Crippen molar-refractivity contribution in [3.05, 3.63) is 39.9 Å². The lowest BCUT2D eigenvalue weighted by molar-refractivity contribution is -0.137. The van der Waals surface area contributed by atoms with Crippen LogP contribution in [0.15, 0.2) is 24.3 Å². The molecule has 1 aromatic carbocycles. The van der Waals surface area contributed by atoms with Crippen LogP contribution in [0.25, 0.3) is 0 Å². The summed E-state index contributed by atoms with van der Waals surface area (Å²) >= 11 is 12.2. The molecule has 0 atom stereocenters. The number of ether oxygens (including phenoxy) is 1. The molecule has 6 heteroatoms.